The lowest BCUT2D eigenvalue weighted by Gasteiger charge is -1.92. The second-order valence-corrected chi connectivity index (χ2v) is 2.90. The standard InChI is InChI=1S/C9H4ClN3O/c10-9-12-8(14-13-9)7-3-1-6(5-11)2-4-7/h1-4H. The predicted molar refractivity (Wildman–Crippen MR) is 49.5 cm³/mol. The van der Waals surface area contributed by atoms with Crippen molar-refractivity contribution in [1.82, 2.24) is 10.1 Å². The van der Waals surface area contributed by atoms with Crippen molar-refractivity contribution in [2.45, 2.75) is 0 Å². The largest absolute Gasteiger partial charge is 0.333 e. The number of hydrogen-bond donors (Lipinski definition) is 0. The van der Waals surface area contributed by atoms with Crippen LogP contribution in [0, 0.1) is 11.3 Å². The van der Waals surface area contributed by atoms with Gasteiger partial charge in [0.2, 0.25) is 0 Å². The van der Waals surface area contributed by atoms with Gasteiger partial charge in [-0.3, -0.25) is 0 Å². The van der Waals surface area contributed by atoms with Gasteiger partial charge in [-0.2, -0.15) is 10.2 Å². The first kappa shape index (κ1) is 8.73. The fraction of sp³-hybridized carbons (Fsp3) is 0. The Kier molecular flexibility index (Phi) is 2.17. The van der Waals surface area contributed by atoms with Gasteiger partial charge in [0.1, 0.15) is 0 Å². The summed E-state index contributed by atoms with van der Waals surface area (Å²) >= 11 is 5.50. The van der Waals surface area contributed by atoms with Crippen molar-refractivity contribution in [1.29, 1.82) is 5.26 Å². The summed E-state index contributed by atoms with van der Waals surface area (Å²) in [6.07, 6.45) is 0. The molecule has 1 heterocycles. The number of aromatic nitrogens is 2. The molecule has 2 rings (SSSR count). The van der Waals surface area contributed by atoms with E-state index < -0.39 is 0 Å². The van der Waals surface area contributed by atoms with Crippen molar-refractivity contribution in [3.05, 3.63) is 35.1 Å². The molecule has 0 atom stereocenters. The maximum atomic E-state index is 8.58. The van der Waals surface area contributed by atoms with Crippen LogP contribution < -0.4 is 0 Å². The molecule has 5 heteroatoms. The van der Waals surface area contributed by atoms with Gasteiger partial charge < -0.3 is 4.52 Å². The molecule has 0 saturated carbocycles. The van der Waals surface area contributed by atoms with Crippen LogP contribution in [0.2, 0.25) is 5.28 Å². The normalized spacial score (nSPS) is 9.71. The van der Waals surface area contributed by atoms with Gasteiger partial charge in [0.25, 0.3) is 11.2 Å². The molecular weight excluding hydrogens is 202 g/mol. The summed E-state index contributed by atoms with van der Waals surface area (Å²) in [4.78, 5) is 3.84. The third-order valence-corrected chi connectivity index (χ3v) is 1.82. The predicted octanol–water partition coefficient (Wildman–Crippen LogP) is 2.26. The Bertz CT molecular complexity index is 484. The van der Waals surface area contributed by atoms with Gasteiger partial charge in [0.15, 0.2) is 0 Å². The lowest BCUT2D eigenvalue weighted by molar-refractivity contribution is 0.430. The molecule has 0 aliphatic rings. The molecule has 0 aliphatic heterocycles. The van der Waals surface area contributed by atoms with Gasteiger partial charge in [-0.25, -0.2) is 0 Å². The van der Waals surface area contributed by atoms with Crippen molar-refractivity contribution in [2.75, 3.05) is 0 Å². The quantitative estimate of drug-likeness (QED) is 0.717. The monoisotopic (exact) mass is 205 g/mol. The minimum atomic E-state index is 0.0735. The van der Waals surface area contributed by atoms with E-state index in [4.69, 9.17) is 21.4 Å². The molecule has 0 bridgehead atoms. The highest BCUT2D eigenvalue weighted by molar-refractivity contribution is 6.28. The van der Waals surface area contributed by atoms with Crippen LogP contribution in [-0.2, 0) is 0 Å². The fourth-order valence-electron chi connectivity index (χ4n) is 1.01. The lowest BCUT2D eigenvalue weighted by Crippen LogP contribution is -1.78. The van der Waals surface area contributed by atoms with Crippen LogP contribution in [0.3, 0.4) is 0 Å². The van der Waals surface area contributed by atoms with Gasteiger partial charge in [-0.05, 0) is 41.0 Å². The van der Waals surface area contributed by atoms with Gasteiger partial charge in [-0.15, -0.1) is 0 Å². The van der Waals surface area contributed by atoms with Gasteiger partial charge in [0, 0.05) is 5.56 Å². The highest BCUT2D eigenvalue weighted by Gasteiger charge is 2.06. The molecule has 0 saturated heterocycles. The maximum absolute atomic E-state index is 8.58. The van der Waals surface area contributed by atoms with E-state index in [1.165, 1.54) is 0 Å². The van der Waals surface area contributed by atoms with Gasteiger partial charge in [0.05, 0.1) is 11.6 Å². The molecule has 1 aromatic carbocycles. The van der Waals surface area contributed by atoms with Crippen molar-refractivity contribution in [3.8, 4) is 17.5 Å². The van der Waals surface area contributed by atoms with Crippen LogP contribution >= 0.6 is 11.6 Å². The van der Waals surface area contributed by atoms with E-state index in [1.807, 2.05) is 6.07 Å². The first-order chi connectivity index (χ1) is 6.79. The number of nitrogens with zero attached hydrogens (tertiary/aromatic N) is 3. The molecule has 0 fully saturated rings. The van der Waals surface area contributed by atoms with E-state index in [0.717, 1.165) is 5.56 Å². The molecule has 68 valence electrons. The second-order valence-electron chi connectivity index (χ2n) is 2.56. The third-order valence-electron chi connectivity index (χ3n) is 1.66. The minimum absolute atomic E-state index is 0.0735. The molecule has 14 heavy (non-hydrogen) atoms. The zero-order valence-electron chi connectivity index (χ0n) is 6.94. The molecule has 0 aliphatic carbocycles. The molecule has 0 radical (unpaired) electrons. The lowest BCUT2D eigenvalue weighted by atomic mass is 10.1. The van der Waals surface area contributed by atoms with Crippen LogP contribution in [0.25, 0.3) is 11.5 Å². The SMILES string of the molecule is N#Cc1ccc(-c2nc(Cl)no2)cc1. The van der Waals surface area contributed by atoms with E-state index >= 15 is 0 Å². The summed E-state index contributed by atoms with van der Waals surface area (Å²) in [7, 11) is 0. The number of benzene rings is 1. The minimum Gasteiger partial charge on any atom is -0.333 e. The Morgan fingerprint density at radius 1 is 1.29 bits per heavy atom. The third kappa shape index (κ3) is 1.58. The number of nitriles is 1. The van der Waals surface area contributed by atoms with Crippen LogP contribution in [0.5, 0.6) is 0 Å². The molecule has 0 N–H and O–H groups in total. The molecular formula is C9H4ClN3O. The zero-order valence-corrected chi connectivity index (χ0v) is 7.69. The fourth-order valence-corrected chi connectivity index (χ4v) is 1.12. The molecule has 2 aromatic rings. The van der Waals surface area contributed by atoms with E-state index in [1.54, 1.807) is 24.3 Å². The van der Waals surface area contributed by atoms with Crippen LogP contribution in [-0.4, -0.2) is 10.1 Å². The Hall–Kier alpha value is -1.86. The Labute approximate surface area is 84.7 Å². The van der Waals surface area contributed by atoms with Crippen LogP contribution in [0.1, 0.15) is 5.56 Å². The summed E-state index contributed by atoms with van der Waals surface area (Å²) in [5.74, 6) is 0.347. The van der Waals surface area contributed by atoms with Gasteiger partial charge in [-0.1, -0.05) is 0 Å². The summed E-state index contributed by atoms with van der Waals surface area (Å²) in [6.45, 7) is 0. The highest BCUT2D eigenvalue weighted by atomic mass is 35.5. The molecule has 1 aromatic heterocycles. The Morgan fingerprint density at radius 3 is 2.50 bits per heavy atom. The smallest absolute Gasteiger partial charge is 0.264 e. The second kappa shape index (κ2) is 3.48. The Balaban J connectivity index is 2.39. The number of halogens is 1. The molecule has 4 nitrogen and oxygen atoms in total. The van der Waals surface area contributed by atoms with Crippen molar-refractivity contribution in [3.63, 3.8) is 0 Å². The van der Waals surface area contributed by atoms with Crippen LogP contribution in [0.4, 0.5) is 0 Å². The first-order valence-electron chi connectivity index (χ1n) is 3.79. The van der Waals surface area contributed by atoms with E-state index in [9.17, 15) is 0 Å². The molecule has 0 spiro atoms. The van der Waals surface area contributed by atoms with Crippen LogP contribution in [0.15, 0.2) is 28.8 Å². The summed E-state index contributed by atoms with van der Waals surface area (Å²) in [5, 5.41) is 12.1. The summed E-state index contributed by atoms with van der Waals surface area (Å²) in [6, 6.07) is 8.82. The summed E-state index contributed by atoms with van der Waals surface area (Å²) < 4.78 is 4.85. The van der Waals surface area contributed by atoms with E-state index in [-0.39, 0.29) is 5.28 Å². The average Bonchev–Trinajstić information content (AvgIpc) is 2.65. The summed E-state index contributed by atoms with van der Waals surface area (Å²) in [5.41, 5.74) is 1.32. The van der Waals surface area contributed by atoms with Gasteiger partial charge >= 0.3 is 0 Å². The van der Waals surface area contributed by atoms with E-state index in [2.05, 4.69) is 10.1 Å². The topological polar surface area (TPSA) is 62.7 Å². The highest BCUT2D eigenvalue weighted by Crippen LogP contribution is 2.18. The number of hydrogen-bond acceptors (Lipinski definition) is 4. The van der Waals surface area contributed by atoms with Crippen molar-refractivity contribution < 1.29 is 4.52 Å². The average molecular weight is 206 g/mol. The molecule has 0 amide bonds. The zero-order chi connectivity index (χ0) is 9.97. The number of rotatable bonds is 1. The van der Waals surface area contributed by atoms with E-state index in [0.29, 0.717) is 11.5 Å². The Morgan fingerprint density at radius 2 is 2.00 bits per heavy atom. The van der Waals surface area contributed by atoms with Crippen molar-refractivity contribution in [2.24, 2.45) is 0 Å². The van der Waals surface area contributed by atoms with Crippen molar-refractivity contribution >= 4 is 11.6 Å². The first-order valence-corrected chi connectivity index (χ1v) is 4.17. The molecule has 0 unspecified atom stereocenters. The maximum Gasteiger partial charge on any atom is 0.264 e.